The highest BCUT2D eigenvalue weighted by atomic mass is 35.5. The second-order valence-corrected chi connectivity index (χ2v) is 5.98. The van der Waals surface area contributed by atoms with Crippen molar-refractivity contribution < 1.29 is 0 Å². The molecule has 0 bridgehead atoms. The largest absolute Gasteiger partial charge is 0.363 e. The molecular formula is C13H22ClNS. The summed E-state index contributed by atoms with van der Waals surface area (Å²) < 4.78 is 0. The predicted molar refractivity (Wildman–Crippen MR) is 74.2 cm³/mol. The quantitative estimate of drug-likeness (QED) is 0.557. The van der Waals surface area contributed by atoms with Gasteiger partial charge < -0.3 is 4.90 Å². The normalized spacial score (nSPS) is 29.9. The summed E-state index contributed by atoms with van der Waals surface area (Å²) in [5.41, 5.74) is 0. The van der Waals surface area contributed by atoms with Gasteiger partial charge in [-0.15, -0.1) is 11.6 Å². The summed E-state index contributed by atoms with van der Waals surface area (Å²) in [4.78, 5) is 3.71. The van der Waals surface area contributed by atoms with Gasteiger partial charge in [-0.25, -0.2) is 0 Å². The van der Waals surface area contributed by atoms with Gasteiger partial charge in [0.15, 0.2) is 0 Å². The van der Waals surface area contributed by atoms with E-state index >= 15 is 0 Å². The molecule has 16 heavy (non-hydrogen) atoms. The summed E-state index contributed by atoms with van der Waals surface area (Å²) in [6.45, 7) is 1.20. The molecule has 0 aromatic carbocycles. The monoisotopic (exact) mass is 259 g/mol. The first-order chi connectivity index (χ1) is 7.83. The Morgan fingerprint density at radius 3 is 2.75 bits per heavy atom. The first-order valence-electron chi connectivity index (χ1n) is 6.68. The minimum atomic E-state index is 0.738. The molecule has 2 rings (SSSR count). The Balaban J connectivity index is 1.93. The molecule has 2 atom stereocenters. The number of likely N-dealkylation sites (tertiary alicyclic amines) is 1. The fraction of sp³-hybridized carbons (Fsp3) is 0.923. The highest BCUT2D eigenvalue weighted by Gasteiger charge is 2.33. The summed E-state index contributed by atoms with van der Waals surface area (Å²) in [6, 6.07) is 0.769. The van der Waals surface area contributed by atoms with E-state index < -0.39 is 0 Å². The second-order valence-electron chi connectivity index (χ2n) is 5.13. The van der Waals surface area contributed by atoms with E-state index in [4.69, 9.17) is 23.8 Å². The number of alkyl halides is 1. The van der Waals surface area contributed by atoms with Crippen LogP contribution in [0.5, 0.6) is 0 Å². The average Bonchev–Trinajstić information content (AvgIpc) is 2.35. The molecule has 1 aliphatic carbocycles. The zero-order valence-electron chi connectivity index (χ0n) is 9.96. The molecule has 0 aromatic rings. The molecule has 0 amide bonds. The van der Waals surface area contributed by atoms with Gasteiger partial charge in [0.2, 0.25) is 0 Å². The van der Waals surface area contributed by atoms with Crippen molar-refractivity contribution in [3.05, 3.63) is 0 Å². The van der Waals surface area contributed by atoms with E-state index in [1.807, 2.05) is 0 Å². The molecule has 1 aliphatic heterocycles. The number of fused-ring (bicyclic) bond motifs is 1. The smallest absolute Gasteiger partial charge is 0.0782 e. The lowest BCUT2D eigenvalue weighted by Gasteiger charge is -2.45. The summed E-state index contributed by atoms with van der Waals surface area (Å²) in [7, 11) is 0. The zero-order chi connectivity index (χ0) is 11.4. The van der Waals surface area contributed by atoms with Gasteiger partial charge >= 0.3 is 0 Å². The Hall–Kier alpha value is 0.180. The second kappa shape index (κ2) is 6.20. The van der Waals surface area contributed by atoms with Crippen molar-refractivity contribution >= 4 is 28.8 Å². The fourth-order valence-corrected chi connectivity index (χ4v) is 3.80. The molecule has 1 saturated carbocycles. The number of thiocarbonyl (C=S) groups is 1. The number of nitrogens with zero attached hydrogens (tertiary/aromatic N) is 1. The van der Waals surface area contributed by atoms with E-state index in [0.717, 1.165) is 30.7 Å². The van der Waals surface area contributed by atoms with Gasteiger partial charge in [-0.05, 0) is 44.4 Å². The van der Waals surface area contributed by atoms with Crippen LogP contribution in [0, 0.1) is 5.92 Å². The molecule has 1 heterocycles. The lowest BCUT2D eigenvalue weighted by Crippen LogP contribution is -2.49. The van der Waals surface area contributed by atoms with Crippen molar-refractivity contribution in [3.8, 4) is 0 Å². The van der Waals surface area contributed by atoms with Crippen LogP contribution in [0.4, 0.5) is 0 Å². The molecule has 0 aromatic heterocycles. The Labute approximate surface area is 110 Å². The number of piperidine rings is 1. The van der Waals surface area contributed by atoms with Crippen LogP contribution < -0.4 is 0 Å². The summed E-state index contributed by atoms with van der Waals surface area (Å²) in [5, 5.41) is 0. The van der Waals surface area contributed by atoms with Crippen molar-refractivity contribution in [3.63, 3.8) is 0 Å². The Kier molecular flexibility index (Phi) is 4.90. The summed E-state index contributed by atoms with van der Waals surface area (Å²) in [5.74, 6) is 1.67. The van der Waals surface area contributed by atoms with Gasteiger partial charge in [-0.3, -0.25) is 0 Å². The molecule has 1 saturated heterocycles. The minimum Gasteiger partial charge on any atom is -0.363 e. The van der Waals surface area contributed by atoms with Crippen LogP contribution in [0.1, 0.15) is 51.4 Å². The van der Waals surface area contributed by atoms with E-state index in [-0.39, 0.29) is 0 Å². The van der Waals surface area contributed by atoms with E-state index in [0.29, 0.717) is 0 Å². The van der Waals surface area contributed by atoms with Gasteiger partial charge in [0.05, 0.1) is 4.99 Å². The number of rotatable bonds is 3. The summed E-state index contributed by atoms with van der Waals surface area (Å²) >= 11 is 11.3. The zero-order valence-corrected chi connectivity index (χ0v) is 11.5. The number of hydrogen-bond acceptors (Lipinski definition) is 1. The maximum atomic E-state index is 5.74. The van der Waals surface area contributed by atoms with Gasteiger partial charge in [-0.2, -0.15) is 0 Å². The highest BCUT2D eigenvalue weighted by Crippen LogP contribution is 2.35. The van der Waals surface area contributed by atoms with Crippen LogP contribution in [0.2, 0.25) is 0 Å². The molecule has 0 N–H and O–H groups in total. The van der Waals surface area contributed by atoms with Crippen molar-refractivity contribution in [1.29, 1.82) is 0 Å². The van der Waals surface area contributed by atoms with E-state index in [1.54, 1.807) is 0 Å². The van der Waals surface area contributed by atoms with Crippen molar-refractivity contribution in [1.82, 2.24) is 4.90 Å². The van der Waals surface area contributed by atoms with Crippen molar-refractivity contribution in [2.45, 2.75) is 57.4 Å². The van der Waals surface area contributed by atoms with Crippen LogP contribution >= 0.6 is 23.8 Å². The lowest BCUT2D eigenvalue weighted by atomic mass is 9.78. The molecule has 1 nitrogen and oxygen atoms in total. The van der Waals surface area contributed by atoms with Crippen LogP contribution in [-0.4, -0.2) is 28.4 Å². The van der Waals surface area contributed by atoms with E-state index in [2.05, 4.69) is 4.90 Å². The molecule has 0 radical (unpaired) electrons. The fourth-order valence-electron chi connectivity index (χ4n) is 3.30. The van der Waals surface area contributed by atoms with Crippen molar-refractivity contribution in [2.24, 2.45) is 5.92 Å². The predicted octanol–water partition coefficient (Wildman–Crippen LogP) is 3.99. The third-order valence-corrected chi connectivity index (χ3v) is 4.79. The lowest BCUT2D eigenvalue weighted by molar-refractivity contribution is 0.119. The summed E-state index contributed by atoms with van der Waals surface area (Å²) in [6.07, 6.45) is 10.4. The van der Waals surface area contributed by atoms with Crippen LogP contribution in [0.15, 0.2) is 0 Å². The van der Waals surface area contributed by atoms with Gasteiger partial charge in [0, 0.05) is 18.5 Å². The van der Waals surface area contributed by atoms with E-state index in [1.165, 1.54) is 50.1 Å². The van der Waals surface area contributed by atoms with Gasteiger partial charge in [-0.1, -0.05) is 25.1 Å². The van der Waals surface area contributed by atoms with Crippen LogP contribution in [-0.2, 0) is 0 Å². The average molecular weight is 260 g/mol. The topological polar surface area (TPSA) is 3.24 Å². The minimum absolute atomic E-state index is 0.738. The SMILES string of the molecule is S=C(CCCCl)N1CCCC2CCCCC21. The molecule has 92 valence electrons. The highest BCUT2D eigenvalue weighted by molar-refractivity contribution is 7.80. The molecular weight excluding hydrogens is 238 g/mol. The Morgan fingerprint density at radius 2 is 1.94 bits per heavy atom. The first kappa shape index (κ1) is 12.6. The molecule has 2 aliphatic rings. The number of halogens is 1. The van der Waals surface area contributed by atoms with Crippen LogP contribution in [0.25, 0.3) is 0 Å². The van der Waals surface area contributed by atoms with Gasteiger partial charge in [0.1, 0.15) is 0 Å². The molecule has 2 fully saturated rings. The maximum Gasteiger partial charge on any atom is 0.0782 e. The Morgan fingerprint density at radius 1 is 1.19 bits per heavy atom. The third-order valence-electron chi connectivity index (χ3n) is 4.09. The first-order valence-corrected chi connectivity index (χ1v) is 7.62. The van der Waals surface area contributed by atoms with Crippen LogP contribution in [0.3, 0.4) is 0 Å². The van der Waals surface area contributed by atoms with E-state index in [9.17, 15) is 0 Å². The molecule has 2 unspecified atom stereocenters. The number of hydrogen-bond donors (Lipinski definition) is 0. The standard InChI is InChI=1S/C13H22ClNS/c14-9-3-8-13(16)15-10-4-6-11-5-1-2-7-12(11)15/h11-12H,1-10H2. The maximum absolute atomic E-state index is 5.74. The third kappa shape index (κ3) is 2.89. The molecule has 3 heteroatoms. The van der Waals surface area contributed by atoms with Gasteiger partial charge in [0.25, 0.3) is 0 Å². The molecule has 0 spiro atoms. The Bertz CT molecular complexity index is 242. The van der Waals surface area contributed by atoms with Crippen molar-refractivity contribution in [2.75, 3.05) is 12.4 Å².